The molecule has 0 saturated heterocycles. The number of amides is 3. The van der Waals surface area contributed by atoms with Crippen molar-refractivity contribution in [2.45, 2.75) is 65.5 Å². The van der Waals surface area contributed by atoms with E-state index in [1.807, 2.05) is 4.57 Å². The van der Waals surface area contributed by atoms with Crippen LogP contribution in [0.4, 0.5) is 5.82 Å². The number of carbonyl (C=O) groups is 3. The van der Waals surface area contributed by atoms with E-state index in [9.17, 15) is 14.4 Å². The average molecular weight is 498 g/mol. The highest BCUT2D eigenvalue weighted by Crippen LogP contribution is 2.47. The molecule has 35 heavy (non-hydrogen) atoms. The first kappa shape index (κ1) is 23.9. The van der Waals surface area contributed by atoms with Gasteiger partial charge in [0.05, 0.1) is 5.02 Å². The number of nitrogens with one attached hydrogen (secondary N) is 2. The molecule has 2 aliphatic carbocycles. The Morgan fingerprint density at radius 1 is 1.11 bits per heavy atom. The van der Waals surface area contributed by atoms with Gasteiger partial charge in [0.15, 0.2) is 0 Å². The average Bonchev–Trinajstić information content (AvgIpc) is 3.46. The van der Waals surface area contributed by atoms with Gasteiger partial charge in [0, 0.05) is 48.4 Å². The van der Waals surface area contributed by atoms with Crippen LogP contribution in [0.1, 0.15) is 62.6 Å². The Hall–Kier alpha value is -2.87. The fourth-order valence-corrected chi connectivity index (χ4v) is 6.72. The van der Waals surface area contributed by atoms with Crippen molar-refractivity contribution >= 4 is 35.1 Å². The third kappa shape index (κ3) is 4.56. The first-order valence-electron chi connectivity index (χ1n) is 12.3. The second kappa shape index (κ2) is 8.66. The number of nitrogens with zero attached hydrogens (tertiary/aromatic N) is 2. The second-order valence-electron chi connectivity index (χ2n) is 11.3. The maximum absolute atomic E-state index is 13.1. The maximum Gasteiger partial charge on any atom is 0.265 e. The van der Waals surface area contributed by atoms with Crippen molar-refractivity contribution in [1.82, 2.24) is 14.9 Å². The standard InChI is InChI=1S/C26H32ClN5O3/c1-13(33)30-17-6-14-4-16(5-15(14)7-17)25(35)31-23-9-18(20(27)11-29-23)19-8-21(24(28)34)32-12-26(2,3)10-22(19)32/h8-9,11,14-17H,4-7,10,12H2,1-3H3,(H2,28,34)(H,30,33)(H,29,31,35)/t14-,15+,16?,17?. The number of nitrogens with two attached hydrogens (primary N) is 1. The van der Waals surface area contributed by atoms with E-state index >= 15 is 0 Å². The Morgan fingerprint density at radius 2 is 1.80 bits per heavy atom. The summed E-state index contributed by atoms with van der Waals surface area (Å²) in [6, 6.07) is 3.81. The number of carbonyl (C=O) groups excluding carboxylic acids is 3. The molecule has 3 heterocycles. The molecule has 2 aromatic heterocycles. The van der Waals surface area contributed by atoms with Crippen LogP contribution in [0.5, 0.6) is 0 Å². The minimum Gasteiger partial charge on any atom is -0.364 e. The van der Waals surface area contributed by atoms with E-state index in [0.717, 1.165) is 48.9 Å². The number of hydrogen-bond donors (Lipinski definition) is 3. The van der Waals surface area contributed by atoms with Gasteiger partial charge in [-0.05, 0) is 61.5 Å². The van der Waals surface area contributed by atoms with Crippen LogP contribution in [0.15, 0.2) is 18.3 Å². The number of anilines is 1. The molecule has 5 rings (SSSR count). The number of aromatic nitrogens is 2. The number of halogens is 1. The number of pyridine rings is 1. The van der Waals surface area contributed by atoms with Gasteiger partial charge < -0.3 is 20.9 Å². The van der Waals surface area contributed by atoms with Crippen molar-refractivity contribution in [3.63, 3.8) is 0 Å². The SMILES string of the molecule is CC(=O)NC1C[C@@H]2CC(C(=O)Nc3cc(-c4cc(C(N)=O)n5c4CC(C)(C)C5)c(Cl)cn3)C[C@@H]2C1. The summed E-state index contributed by atoms with van der Waals surface area (Å²) in [5, 5.41) is 6.47. The van der Waals surface area contributed by atoms with E-state index in [4.69, 9.17) is 17.3 Å². The lowest BCUT2D eigenvalue weighted by Gasteiger charge is -2.16. The maximum atomic E-state index is 13.1. The largest absolute Gasteiger partial charge is 0.364 e. The third-order valence-corrected chi connectivity index (χ3v) is 8.19. The number of hydrogen-bond acceptors (Lipinski definition) is 4. The lowest BCUT2D eigenvalue weighted by Crippen LogP contribution is -2.31. The van der Waals surface area contributed by atoms with Gasteiger partial charge in [-0.15, -0.1) is 0 Å². The molecule has 3 amide bonds. The van der Waals surface area contributed by atoms with Crippen molar-refractivity contribution in [2.24, 2.45) is 28.9 Å². The zero-order valence-electron chi connectivity index (χ0n) is 20.4. The summed E-state index contributed by atoms with van der Waals surface area (Å²) in [6.45, 7) is 6.57. The van der Waals surface area contributed by atoms with Crippen molar-refractivity contribution in [3.8, 4) is 11.1 Å². The van der Waals surface area contributed by atoms with Gasteiger partial charge in [-0.2, -0.15) is 0 Å². The first-order chi connectivity index (χ1) is 16.5. The quantitative estimate of drug-likeness (QED) is 0.582. The van der Waals surface area contributed by atoms with Crippen LogP contribution in [-0.2, 0) is 22.6 Å². The van der Waals surface area contributed by atoms with Gasteiger partial charge in [0.25, 0.3) is 5.91 Å². The number of rotatable bonds is 5. The summed E-state index contributed by atoms with van der Waals surface area (Å²) in [4.78, 5) is 40.9. The molecule has 2 saturated carbocycles. The lowest BCUT2D eigenvalue weighted by atomic mass is 9.89. The van der Waals surface area contributed by atoms with Gasteiger partial charge in [0.1, 0.15) is 11.5 Å². The molecule has 0 radical (unpaired) electrons. The molecule has 0 aromatic carbocycles. The molecule has 2 aromatic rings. The minimum absolute atomic E-state index is 0.00554. The second-order valence-corrected chi connectivity index (χ2v) is 11.7. The highest BCUT2D eigenvalue weighted by Gasteiger charge is 2.44. The normalized spacial score (nSPS) is 26.3. The third-order valence-electron chi connectivity index (χ3n) is 7.88. The Labute approximate surface area is 210 Å². The van der Waals surface area contributed by atoms with Gasteiger partial charge in [-0.25, -0.2) is 4.98 Å². The van der Waals surface area contributed by atoms with Crippen LogP contribution in [0.3, 0.4) is 0 Å². The predicted octanol–water partition coefficient (Wildman–Crippen LogP) is 3.76. The molecule has 0 bridgehead atoms. The first-order valence-corrected chi connectivity index (χ1v) is 12.6. The Balaban J connectivity index is 1.33. The highest BCUT2D eigenvalue weighted by molar-refractivity contribution is 6.33. The molecule has 186 valence electrons. The molecule has 2 unspecified atom stereocenters. The molecular formula is C26H32ClN5O3. The molecule has 2 fully saturated rings. The van der Waals surface area contributed by atoms with Gasteiger partial charge in [0.2, 0.25) is 11.8 Å². The minimum atomic E-state index is -0.471. The van der Waals surface area contributed by atoms with Crippen LogP contribution in [0, 0.1) is 23.2 Å². The zero-order chi connectivity index (χ0) is 25.1. The summed E-state index contributed by atoms with van der Waals surface area (Å²) in [5.74, 6) is 0.824. The van der Waals surface area contributed by atoms with Crippen LogP contribution < -0.4 is 16.4 Å². The monoisotopic (exact) mass is 497 g/mol. The zero-order valence-corrected chi connectivity index (χ0v) is 21.1. The summed E-state index contributed by atoms with van der Waals surface area (Å²) < 4.78 is 1.98. The van der Waals surface area contributed by atoms with Crippen molar-refractivity contribution in [1.29, 1.82) is 0 Å². The van der Waals surface area contributed by atoms with E-state index in [0.29, 0.717) is 34.9 Å². The summed E-state index contributed by atoms with van der Waals surface area (Å²) in [6.07, 6.45) is 5.88. The fourth-order valence-electron chi connectivity index (χ4n) is 6.51. The summed E-state index contributed by atoms with van der Waals surface area (Å²) >= 11 is 6.54. The fraction of sp³-hybridized carbons (Fsp3) is 0.538. The molecule has 8 nitrogen and oxygen atoms in total. The predicted molar refractivity (Wildman–Crippen MR) is 134 cm³/mol. The number of fused-ring (bicyclic) bond motifs is 2. The highest BCUT2D eigenvalue weighted by atomic mass is 35.5. The van der Waals surface area contributed by atoms with Crippen molar-refractivity contribution in [2.75, 3.05) is 5.32 Å². The molecule has 1 aliphatic heterocycles. The van der Waals surface area contributed by atoms with Crippen LogP contribution in [0.2, 0.25) is 5.02 Å². The van der Waals surface area contributed by atoms with Crippen LogP contribution in [0.25, 0.3) is 11.1 Å². The van der Waals surface area contributed by atoms with E-state index in [1.165, 1.54) is 0 Å². The number of primary amides is 1. The molecule has 4 atom stereocenters. The smallest absolute Gasteiger partial charge is 0.265 e. The van der Waals surface area contributed by atoms with Crippen LogP contribution >= 0.6 is 11.6 Å². The van der Waals surface area contributed by atoms with Crippen LogP contribution in [-0.4, -0.2) is 33.3 Å². The molecule has 3 aliphatic rings. The van der Waals surface area contributed by atoms with E-state index in [1.54, 1.807) is 25.3 Å². The Bertz CT molecular complexity index is 1210. The van der Waals surface area contributed by atoms with Gasteiger partial charge >= 0.3 is 0 Å². The molecule has 0 spiro atoms. The van der Waals surface area contributed by atoms with E-state index in [2.05, 4.69) is 29.5 Å². The van der Waals surface area contributed by atoms with Crippen molar-refractivity contribution < 1.29 is 14.4 Å². The Morgan fingerprint density at radius 3 is 2.43 bits per heavy atom. The summed E-state index contributed by atoms with van der Waals surface area (Å²) in [7, 11) is 0. The molecule has 4 N–H and O–H groups in total. The van der Waals surface area contributed by atoms with Gasteiger partial charge in [-0.1, -0.05) is 25.4 Å². The van der Waals surface area contributed by atoms with Crippen molar-refractivity contribution in [3.05, 3.63) is 34.7 Å². The molecule has 9 heteroatoms. The lowest BCUT2D eigenvalue weighted by molar-refractivity contribution is -0.121. The van der Waals surface area contributed by atoms with E-state index in [-0.39, 0.29) is 29.2 Å². The van der Waals surface area contributed by atoms with Gasteiger partial charge in [-0.3, -0.25) is 14.4 Å². The molecular weight excluding hydrogens is 466 g/mol. The Kier molecular flexibility index (Phi) is 5.90. The van der Waals surface area contributed by atoms with E-state index < -0.39 is 5.91 Å². The summed E-state index contributed by atoms with van der Waals surface area (Å²) in [5.41, 5.74) is 8.73. The topological polar surface area (TPSA) is 119 Å².